The SMILES string of the molecule is CNC1CN(c2cc(-c3ccccc3)nc(N)n2)C1. The second-order valence-electron chi connectivity index (χ2n) is 4.73. The quantitative estimate of drug-likeness (QED) is 0.860. The number of anilines is 2. The van der Waals surface area contributed by atoms with E-state index in [0.717, 1.165) is 30.2 Å². The van der Waals surface area contributed by atoms with Gasteiger partial charge in [0.15, 0.2) is 0 Å². The van der Waals surface area contributed by atoms with Gasteiger partial charge < -0.3 is 16.0 Å². The lowest BCUT2D eigenvalue weighted by Crippen LogP contribution is -2.57. The first-order valence-corrected chi connectivity index (χ1v) is 6.38. The summed E-state index contributed by atoms with van der Waals surface area (Å²) in [7, 11) is 1.98. The molecule has 98 valence electrons. The zero-order valence-corrected chi connectivity index (χ0v) is 10.9. The topological polar surface area (TPSA) is 67.1 Å². The normalized spacial score (nSPS) is 15.3. The van der Waals surface area contributed by atoms with Crippen LogP contribution in [0.1, 0.15) is 0 Å². The smallest absolute Gasteiger partial charge is 0.222 e. The minimum absolute atomic E-state index is 0.323. The molecule has 1 aromatic heterocycles. The van der Waals surface area contributed by atoms with Gasteiger partial charge in [0.2, 0.25) is 5.95 Å². The van der Waals surface area contributed by atoms with Gasteiger partial charge in [-0.15, -0.1) is 0 Å². The van der Waals surface area contributed by atoms with Crippen molar-refractivity contribution in [2.75, 3.05) is 30.8 Å². The van der Waals surface area contributed by atoms with Gasteiger partial charge in [0.05, 0.1) is 5.69 Å². The summed E-state index contributed by atoms with van der Waals surface area (Å²) in [6.45, 7) is 1.92. The second-order valence-corrected chi connectivity index (χ2v) is 4.73. The molecule has 0 bridgehead atoms. The number of nitrogens with zero attached hydrogens (tertiary/aromatic N) is 3. The van der Waals surface area contributed by atoms with Crippen LogP contribution in [0.25, 0.3) is 11.3 Å². The molecule has 2 aromatic rings. The number of likely N-dealkylation sites (N-methyl/N-ethyl adjacent to an activating group) is 1. The van der Waals surface area contributed by atoms with Crippen molar-refractivity contribution in [1.29, 1.82) is 0 Å². The third-order valence-corrected chi connectivity index (χ3v) is 3.41. The first-order chi connectivity index (χ1) is 9.26. The van der Waals surface area contributed by atoms with Gasteiger partial charge in [0.1, 0.15) is 5.82 Å². The monoisotopic (exact) mass is 255 g/mol. The molecule has 5 nitrogen and oxygen atoms in total. The van der Waals surface area contributed by atoms with Crippen molar-refractivity contribution in [3.8, 4) is 11.3 Å². The Labute approximate surface area is 112 Å². The van der Waals surface area contributed by atoms with Crippen molar-refractivity contribution in [3.63, 3.8) is 0 Å². The Morgan fingerprint density at radius 3 is 2.63 bits per heavy atom. The molecule has 1 aliphatic heterocycles. The fourth-order valence-corrected chi connectivity index (χ4v) is 2.22. The zero-order valence-electron chi connectivity index (χ0n) is 10.9. The molecule has 2 heterocycles. The number of aromatic nitrogens is 2. The lowest BCUT2D eigenvalue weighted by molar-refractivity contribution is 0.447. The fraction of sp³-hybridized carbons (Fsp3) is 0.286. The van der Waals surface area contributed by atoms with E-state index in [-0.39, 0.29) is 0 Å². The van der Waals surface area contributed by atoms with Crippen LogP contribution in [-0.4, -0.2) is 36.1 Å². The number of benzene rings is 1. The lowest BCUT2D eigenvalue weighted by Gasteiger charge is -2.40. The van der Waals surface area contributed by atoms with Crippen LogP contribution < -0.4 is 16.0 Å². The van der Waals surface area contributed by atoms with Crippen molar-refractivity contribution in [3.05, 3.63) is 36.4 Å². The summed E-state index contributed by atoms with van der Waals surface area (Å²) in [5, 5.41) is 3.25. The minimum atomic E-state index is 0.323. The van der Waals surface area contributed by atoms with Crippen molar-refractivity contribution in [1.82, 2.24) is 15.3 Å². The van der Waals surface area contributed by atoms with Crippen LogP contribution in [0.3, 0.4) is 0 Å². The van der Waals surface area contributed by atoms with Gasteiger partial charge in [-0.3, -0.25) is 0 Å². The predicted molar refractivity (Wildman–Crippen MR) is 76.9 cm³/mol. The Bertz CT molecular complexity index is 563. The molecule has 0 aliphatic carbocycles. The molecular weight excluding hydrogens is 238 g/mol. The van der Waals surface area contributed by atoms with E-state index in [9.17, 15) is 0 Å². The standard InChI is InChI=1S/C14H17N5/c1-16-11-8-19(9-11)13-7-12(17-14(15)18-13)10-5-3-2-4-6-10/h2-7,11,16H,8-9H2,1H3,(H2,15,17,18). The maximum absolute atomic E-state index is 5.82. The minimum Gasteiger partial charge on any atom is -0.368 e. The third-order valence-electron chi connectivity index (χ3n) is 3.41. The number of nitrogens with one attached hydrogen (secondary N) is 1. The van der Waals surface area contributed by atoms with E-state index in [4.69, 9.17) is 5.73 Å². The largest absolute Gasteiger partial charge is 0.368 e. The van der Waals surface area contributed by atoms with Crippen molar-refractivity contribution >= 4 is 11.8 Å². The molecule has 0 amide bonds. The highest BCUT2D eigenvalue weighted by Crippen LogP contribution is 2.25. The first kappa shape index (κ1) is 11.9. The Balaban J connectivity index is 1.89. The van der Waals surface area contributed by atoms with E-state index in [1.165, 1.54) is 0 Å². The summed E-state index contributed by atoms with van der Waals surface area (Å²) < 4.78 is 0. The molecule has 1 fully saturated rings. The lowest BCUT2D eigenvalue weighted by atomic mass is 10.1. The Morgan fingerprint density at radius 1 is 1.21 bits per heavy atom. The molecule has 3 rings (SSSR count). The Morgan fingerprint density at radius 2 is 1.95 bits per heavy atom. The molecular formula is C14H17N5. The number of hydrogen-bond donors (Lipinski definition) is 2. The van der Waals surface area contributed by atoms with Gasteiger partial charge in [-0.25, -0.2) is 4.98 Å². The highest BCUT2D eigenvalue weighted by molar-refractivity contribution is 5.64. The molecule has 3 N–H and O–H groups in total. The van der Waals surface area contributed by atoms with E-state index in [1.807, 2.05) is 43.4 Å². The second kappa shape index (κ2) is 4.85. The molecule has 0 radical (unpaired) electrons. The fourth-order valence-electron chi connectivity index (χ4n) is 2.22. The van der Waals surface area contributed by atoms with Crippen molar-refractivity contribution < 1.29 is 0 Å². The van der Waals surface area contributed by atoms with Crippen LogP contribution >= 0.6 is 0 Å². The van der Waals surface area contributed by atoms with Crippen molar-refractivity contribution in [2.24, 2.45) is 0 Å². The van der Waals surface area contributed by atoms with Crippen LogP contribution in [0.2, 0.25) is 0 Å². The number of nitrogen functional groups attached to an aromatic ring is 1. The molecule has 5 heteroatoms. The first-order valence-electron chi connectivity index (χ1n) is 6.38. The van der Waals surface area contributed by atoms with Gasteiger partial charge in [-0.2, -0.15) is 4.98 Å². The maximum atomic E-state index is 5.82. The molecule has 0 spiro atoms. The van der Waals surface area contributed by atoms with Crippen LogP contribution in [0.5, 0.6) is 0 Å². The molecule has 0 saturated carbocycles. The summed E-state index contributed by atoms with van der Waals surface area (Å²) >= 11 is 0. The van der Waals surface area contributed by atoms with Gasteiger partial charge in [-0.1, -0.05) is 30.3 Å². The van der Waals surface area contributed by atoms with Gasteiger partial charge >= 0.3 is 0 Å². The number of nitrogens with two attached hydrogens (primary N) is 1. The highest BCUT2D eigenvalue weighted by Gasteiger charge is 2.26. The third kappa shape index (κ3) is 2.37. The van der Waals surface area contributed by atoms with Crippen LogP contribution in [-0.2, 0) is 0 Å². The summed E-state index contributed by atoms with van der Waals surface area (Å²) in [5.41, 5.74) is 7.75. The molecule has 1 aromatic carbocycles. The maximum Gasteiger partial charge on any atom is 0.222 e. The molecule has 19 heavy (non-hydrogen) atoms. The predicted octanol–water partition coefficient (Wildman–Crippen LogP) is 1.13. The van der Waals surface area contributed by atoms with Gasteiger partial charge in [-0.05, 0) is 7.05 Å². The Hall–Kier alpha value is -2.14. The van der Waals surface area contributed by atoms with Crippen LogP contribution in [0.15, 0.2) is 36.4 Å². The average Bonchev–Trinajstić information content (AvgIpc) is 2.38. The van der Waals surface area contributed by atoms with E-state index < -0.39 is 0 Å². The van der Waals surface area contributed by atoms with E-state index >= 15 is 0 Å². The van der Waals surface area contributed by atoms with Gasteiger partial charge in [0, 0.05) is 30.8 Å². The van der Waals surface area contributed by atoms with E-state index in [0.29, 0.717) is 12.0 Å². The summed E-state index contributed by atoms with van der Waals surface area (Å²) in [5.74, 6) is 1.22. The summed E-state index contributed by atoms with van der Waals surface area (Å²) in [4.78, 5) is 10.8. The van der Waals surface area contributed by atoms with Crippen LogP contribution in [0.4, 0.5) is 11.8 Å². The van der Waals surface area contributed by atoms with E-state index in [2.05, 4.69) is 20.2 Å². The zero-order chi connectivity index (χ0) is 13.2. The molecule has 0 unspecified atom stereocenters. The highest BCUT2D eigenvalue weighted by atomic mass is 15.3. The Kier molecular flexibility index (Phi) is 3.05. The number of rotatable bonds is 3. The molecule has 0 atom stereocenters. The van der Waals surface area contributed by atoms with Gasteiger partial charge in [0.25, 0.3) is 0 Å². The summed E-state index contributed by atoms with van der Waals surface area (Å²) in [6.07, 6.45) is 0. The number of hydrogen-bond acceptors (Lipinski definition) is 5. The average molecular weight is 255 g/mol. The van der Waals surface area contributed by atoms with Crippen molar-refractivity contribution in [2.45, 2.75) is 6.04 Å². The van der Waals surface area contributed by atoms with E-state index in [1.54, 1.807) is 0 Å². The molecule has 1 aliphatic rings. The van der Waals surface area contributed by atoms with Crippen LogP contribution in [0, 0.1) is 0 Å². The summed E-state index contributed by atoms with van der Waals surface area (Å²) in [6, 6.07) is 12.6. The molecule has 1 saturated heterocycles.